The fourth-order valence-corrected chi connectivity index (χ4v) is 4.81. The van der Waals surface area contributed by atoms with E-state index in [1.165, 1.54) is 0 Å². The van der Waals surface area contributed by atoms with Crippen LogP contribution < -0.4 is 15.4 Å². The fourth-order valence-electron chi connectivity index (χ4n) is 3.96. The van der Waals surface area contributed by atoms with Crippen molar-refractivity contribution in [2.45, 2.75) is 19.0 Å². The number of pyridine rings is 1. The van der Waals surface area contributed by atoms with Gasteiger partial charge in [0.1, 0.15) is 22.1 Å². The molecule has 0 spiro atoms. The number of ether oxygens (including phenoxy) is 1. The number of hydrogen-bond acceptors (Lipinski definition) is 8. The van der Waals surface area contributed by atoms with Gasteiger partial charge in [0, 0.05) is 43.3 Å². The topological polar surface area (TPSA) is 108 Å². The number of likely N-dealkylation sites (tertiary alicyclic amines) is 1. The minimum Gasteiger partial charge on any atom is -0.484 e. The lowest BCUT2D eigenvalue weighted by molar-refractivity contribution is -0.122. The summed E-state index contributed by atoms with van der Waals surface area (Å²) in [6, 6.07) is 7.65. The zero-order valence-corrected chi connectivity index (χ0v) is 20.1. The Morgan fingerprint density at radius 1 is 1.32 bits per heavy atom. The number of anilines is 1. The van der Waals surface area contributed by atoms with E-state index in [-0.39, 0.29) is 18.6 Å². The second-order valence-corrected chi connectivity index (χ2v) is 9.43. The molecule has 5 rings (SSSR count). The van der Waals surface area contributed by atoms with E-state index in [9.17, 15) is 4.79 Å². The number of rotatable bonds is 8. The van der Waals surface area contributed by atoms with Crippen LogP contribution in [0.1, 0.15) is 11.4 Å². The molecule has 1 amide bonds. The first-order valence-electron chi connectivity index (χ1n) is 10.9. The SMILES string of the molecule is CNC(=O)COc1ccc(-c2nc3c(NC4CCN(Cc5nccs5)C4)c(Cl)cnc3[nH]2)cc1. The number of nitrogens with zero attached hydrogens (tertiary/aromatic N) is 4. The Hall–Kier alpha value is -3.21. The summed E-state index contributed by atoms with van der Waals surface area (Å²) in [6.07, 6.45) is 4.51. The highest BCUT2D eigenvalue weighted by Gasteiger charge is 2.25. The summed E-state index contributed by atoms with van der Waals surface area (Å²) < 4.78 is 5.47. The van der Waals surface area contributed by atoms with Crippen LogP contribution in [0.3, 0.4) is 0 Å². The smallest absolute Gasteiger partial charge is 0.257 e. The van der Waals surface area contributed by atoms with Crippen molar-refractivity contribution < 1.29 is 9.53 Å². The van der Waals surface area contributed by atoms with Crippen molar-refractivity contribution in [2.24, 2.45) is 0 Å². The summed E-state index contributed by atoms with van der Waals surface area (Å²) in [4.78, 5) is 30.6. The molecule has 0 saturated carbocycles. The van der Waals surface area contributed by atoms with Gasteiger partial charge in [0.25, 0.3) is 5.91 Å². The molecule has 176 valence electrons. The van der Waals surface area contributed by atoms with Crippen LogP contribution in [0.4, 0.5) is 5.69 Å². The van der Waals surface area contributed by atoms with Gasteiger partial charge in [0.15, 0.2) is 12.3 Å². The maximum atomic E-state index is 11.4. The Bertz CT molecular complexity index is 1280. The highest BCUT2D eigenvalue weighted by atomic mass is 35.5. The van der Waals surface area contributed by atoms with Gasteiger partial charge in [-0.1, -0.05) is 11.6 Å². The fraction of sp³-hybridized carbons (Fsp3) is 0.304. The third-order valence-corrected chi connectivity index (χ3v) is 6.76. The first-order chi connectivity index (χ1) is 16.6. The number of halogens is 1. The van der Waals surface area contributed by atoms with Crippen molar-refractivity contribution >= 4 is 45.7 Å². The Balaban J connectivity index is 1.31. The molecule has 3 aromatic heterocycles. The molecule has 0 aliphatic carbocycles. The summed E-state index contributed by atoms with van der Waals surface area (Å²) >= 11 is 8.21. The molecule has 3 N–H and O–H groups in total. The number of amides is 1. The van der Waals surface area contributed by atoms with E-state index in [1.54, 1.807) is 36.7 Å². The lowest BCUT2D eigenvalue weighted by Crippen LogP contribution is -2.26. The Morgan fingerprint density at radius 2 is 2.18 bits per heavy atom. The van der Waals surface area contributed by atoms with E-state index < -0.39 is 0 Å². The zero-order valence-electron chi connectivity index (χ0n) is 18.5. The van der Waals surface area contributed by atoms with Crippen LogP contribution >= 0.6 is 22.9 Å². The van der Waals surface area contributed by atoms with Gasteiger partial charge in [-0.15, -0.1) is 11.3 Å². The van der Waals surface area contributed by atoms with Crippen LogP contribution in [0.25, 0.3) is 22.6 Å². The molecule has 1 saturated heterocycles. The van der Waals surface area contributed by atoms with E-state index in [0.29, 0.717) is 27.8 Å². The lowest BCUT2D eigenvalue weighted by atomic mass is 10.2. The normalized spacial score (nSPS) is 16.1. The molecule has 11 heteroatoms. The molecule has 1 atom stereocenters. The average molecular weight is 498 g/mol. The number of aromatic amines is 1. The number of benzene rings is 1. The van der Waals surface area contributed by atoms with Crippen LogP contribution in [0.15, 0.2) is 42.0 Å². The van der Waals surface area contributed by atoms with Crippen LogP contribution in [-0.4, -0.2) is 63.5 Å². The molecule has 0 bridgehead atoms. The standard InChI is InChI=1S/C23H24ClN7O2S/c1-25-18(32)13-33-16-4-2-14(3-5-16)22-29-21-20(17(24)10-27-23(21)30-22)28-15-6-8-31(11-15)12-19-26-7-9-34-19/h2-5,7,9-10,15H,6,8,11-13H2,1H3,(H,25,32)(H2,27,28,29,30). The molecule has 34 heavy (non-hydrogen) atoms. The van der Waals surface area contributed by atoms with Crippen molar-refractivity contribution in [1.82, 2.24) is 30.2 Å². The highest BCUT2D eigenvalue weighted by Crippen LogP contribution is 2.32. The zero-order chi connectivity index (χ0) is 23.5. The second kappa shape index (κ2) is 9.96. The van der Waals surface area contributed by atoms with Crippen LogP contribution in [0.2, 0.25) is 5.02 Å². The number of H-pyrrole nitrogens is 1. The van der Waals surface area contributed by atoms with Crippen molar-refractivity contribution in [1.29, 1.82) is 0 Å². The van der Waals surface area contributed by atoms with Gasteiger partial charge in [0.05, 0.1) is 23.5 Å². The summed E-state index contributed by atoms with van der Waals surface area (Å²) in [7, 11) is 1.57. The van der Waals surface area contributed by atoms with E-state index in [1.807, 2.05) is 23.7 Å². The molecule has 9 nitrogen and oxygen atoms in total. The van der Waals surface area contributed by atoms with Gasteiger partial charge < -0.3 is 20.4 Å². The first-order valence-corrected chi connectivity index (χ1v) is 12.2. The number of carbonyl (C=O) groups excluding carboxylic acids is 1. The Morgan fingerprint density at radius 3 is 2.94 bits per heavy atom. The van der Waals surface area contributed by atoms with Crippen LogP contribution in [-0.2, 0) is 11.3 Å². The third kappa shape index (κ3) is 4.98. The highest BCUT2D eigenvalue weighted by molar-refractivity contribution is 7.09. The van der Waals surface area contributed by atoms with Gasteiger partial charge in [-0.05, 0) is 30.7 Å². The molecular formula is C23H24ClN7O2S. The van der Waals surface area contributed by atoms with Gasteiger partial charge >= 0.3 is 0 Å². The molecular weight excluding hydrogens is 474 g/mol. The van der Waals surface area contributed by atoms with Crippen LogP contribution in [0.5, 0.6) is 5.75 Å². The molecule has 0 radical (unpaired) electrons. The van der Waals surface area contributed by atoms with Gasteiger partial charge in [-0.3, -0.25) is 9.69 Å². The largest absolute Gasteiger partial charge is 0.484 e. The molecule has 4 heterocycles. The number of thiazole rings is 1. The Labute approximate surface area is 205 Å². The minimum absolute atomic E-state index is 0.0274. The van der Waals surface area contributed by atoms with E-state index >= 15 is 0 Å². The number of aromatic nitrogens is 4. The van der Waals surface area contributed by atoms with Gasteiger partial charge in [-0.25, -0.2) is 15.0 Å². The quantitative estimate of drug-likeness (QED) is 0.341. The van der Waals surface area contributed by atoms with E-state index in [0.717, 1.165) is 42.3 Å². The maximum absolute atomic E-state index is 11.4. The molecule has 1 fully saturated rings. The predicted molar refractivity (Wildman–Crippen MR) is 133 cm³/mol. The van der Waals surface area contributed by atoms with Gasteiger partial charge in [-0.2, -0.15) is 0 Å². The summed E-state index contributed by atoms with van der Waals surface area (Å²) in [5, 5.41) is 9.81. The number of likely N-dealkylation sites (N-methyl/N-ethyl adjacent to an activating group) is 1. The third-order valence-electron chi connectivity index (χ3n) is 5.71. The predicted octanol–water partition coefficient (Wildman–Crippen LogP) is 3.55. The minimum atomic E-state index is -0.182. The number of nitrogens with one attached hydrogen (secondary N) is 3. The molecule has 1 aliphatic heterocycles. The molecule has 1 aliphatic rings. The maximum Gasteiger partial charge on any atom is 0.257 e. The number of hydrogen-bond donors (Lipinski definition) is 3. The number of carbonyl (C=O) groups is 1. The van der Waals surface area contributed by atoms with Crippen molar-refractivity contribution in [3.63, 3.8) is 0 Å². The number of imidazole rings is 1. The molecule has 4 aromatic rings. The monoisotopic (exact) mass is 497 g/mol. The molecule has 1 aromatic carbocycles. The van der Waals surface area contributed by atoms with E-state index in [2.05, 4.69) is 30.5 Å². The van der Waals surface area contributed by atoms with Crippen molar-refractivity contribution in [3.05, 3.63) is 52.1 Å². The van der Waals surface area contributed by atoms with Gasteiger partial charge in [0.2, 0.25) is 0 Å². The summed E-state index contributed by atoms with van der Waals surface area (Å²) in [5.41, 5.74) is 3.05. The second-order valence-electron chi connectivity index (χ2n) is 8.04. The lowest BCUT2D eigenvalue weighted by Gasteiger charge is -2.17. The molecule has 1 unspecified atom stereocenters. The summed E-state index contributed by atoms with van der Waals surface area (Å²) in [5.74, 6) is 1.11. The average Bonchev–Trinajstić information content (AvgIpc) is 3.61. The van der Waals surface area contributed by atoms with E-state index in [4.69, 9.17) is 21.3 Å². The van der Waals surface area contributed by atoms with Crippen LogP contribution in [0, 0.1) is 0 Å². The van der Waals surface area contributed by atoms with Crippen molar-refractivity contribution in [3.8, 4) is 17.1 Å². The summed E-state index contributed by atoms with van der Waals surface area (Å²) in [6.45, 7) is 2.75. The van der Waals surface area contributed by atoms with Crippen molar-refractivity contribution in [2.75, 3.05) is 32.1 Å². The number of fused-ring (bicyclic) bond motifs is 1. The first kappa shape index (κ1) is 22.6. The Kier molecular flexibility index (Phi) is 6.61.